The quantitative estimate of drug-likeness (QED) is 0.838. The third-order valence-electron chi connectivity index (χ3n) is 4.22. The van der Waals surface area contributed by atoms with Crippen LogP contribution in [0.2, 0.25) is 0 Å². The van der Waals surface area contributed by atoms with Gasteiger partial charge in [-0.2, -0.15) is 0 Å². The molecule has 132 valence electrons. The number of phenolic OH excluding ortho intramolecular Hbond substituents is 1. The summed E-state index contributed by atoms with van der Waals surface area (Å²) in [6, 6.07) is 10.8. The van der Waals surface area contributed by atoms with Crippen LogP contribution in [0.4, 0.5) is 0 Å². The predicted octanol–water partition coefficient (Wildman–Crippen LogP) is 1.81. The molecule has 1 aliphatic heterocycles. The Kier molecular flexibility index (Phi) is 5.98. The first kappa shape index (κ1) is 17.4. The third kappa shape index (κ3) is 5.27. The first-order valence-corrected chi connectivity index (χ1v) is 8.51. The Hall–Kier alpha value is -2.44. The van der Waals surface area contributed by atoms with Crippen molar-refractivity contribution in [3.63, 3.8) is 0 Å². The molecule has 0 unspecified atom stereocenters. The Bertz CT molecular complexity index is 693. The number of benzene rings is 1. The van der Waals surface area contributed by atoms with Gasteiger partial charge in [0.2, 0.25) is 0 Å². The first-order valence-electron chi connectivity index (χ1n) is 8.51. The van der Waals surface area contributed by atoms with Gasteiger partial charge in [0.25, 0.3) is 5.91 Å². The minimum atomic E-state index is -0.111. The van der Waals surface area contributed by atoms with Gasteiger partial charge in [-0.3, -0.25) is 14.7 Å². The van der Waals surface area contributed by atoms with Gasteiger partial charge in [-0.15, -0.1) is 0 Å². The van der Waals surface area contributed by atoms with E-state index in [1.807, 2.05) is 12.1 Å². The molecule has 1 saturated heterocycles. The molecule has 0 spiro atoms. The van der Waals surface area contributed by atoms with Gasteiger partial charge in [-0.1, -0.05) is 12.1 Å². The molecule has 6 heteroatoms. The summed E-state index contributed by atoms with van der Waals surface area (Å²) in [5.74, 6) is 0.181. The highest BCUT2D eigenvalue weighted by atomic mass is 16.5. The fourth-order valence-electron chi connectivity index (χ4n) is 2.96. The van der Waals surface area contributed by atoms with E-state index >= 15 is 0 Å². The summed E-state index contributed by atoms with van der Waals surface area (Å²) < 4.78 is 5.80. The highest BCUT2D eigenvalue weighted by Crippen LogP contribution is 2.16. The number of morpholine rings is 1. The van der Waals surface area contributed by atoms with Crippen LogP contribution in [0.15, 0.2) is 48.8 Å². The smallest absolute Gasteiger partial charge is 0.252 e. The lowest BCUT2D eigenvalue weighted by Crippen LogP contribution is -2.43. The third-order valence-corrected chi connectivity index (χ3v) is 4.22. The summed E-state index contributed by atoms with van der Waals surface area (Å²) >= 11 is 0. The number of aromatic nitrogens is 1. The van der Waals surface area contributed by atoms with Crippen molar-refractivity contribution in [2.45, 2.75) is 19.1 Å². The summed E-state index contributed by atoms with van der Waals surface area (Å²) in [7, 11) is 0. The fourth-order valence-corrected chi connectivity index (χ4v) is 2.96. The second-order valence-corrected chi connectivity index (χ2v) is 6.18. The van der Waals surface area contributed by atoms with Crippen molar-refractivity contribution in [3.8, 4) is 5.75 Å². The highest BCUT2D eigenvalue weighted by Gasteiger charge is 2.20. The molecule has 0 radical (unpaired) electrons. The van der Waals surface area contributed by atoms with Gasteiger partial charge in [0.1, 0.15) is 5.75 Å². The number of aromatic hydroxyl groups is 1. The molecule has 0 aliphatic carbocycles. The largest absolute Gasteiger partial charge is 0.508 e. The SMILES string of the molecule is O=C(NCC[C@H]1CN(Cc2cccc(O)c2)CCO1)c1cccnc1. The van der Waals surface area contributed by atoms with Gasteiger partial charge < -0.3 is 15.2 Å². The summed E-state index contributed by atoms with van der Waals surface area (Å²) in [4.78, 5) is 18.3. The minimum absolute atomic E-state index is 0.0975. The van der Waals surface area contributed by atoms with E-state index in [1.165, 1.54) is 0 Å². The maximum atomic E-state index is 12.0. The van der Waals surface area contributed by atoms with Crippen molar-refractivity contribution in [1.82, 2.24) is 15.2 Å². The van der Waals surface area contributed by atoms with Crippen molar-refractivity contribution in [2.75, 3.05) is 26.2 Å². The van der Waals surface area contributed by atoms with Crippen LogP contribution in [0.1, 0.15) is 22.3 Å². The molecule has 25 heavy (non-hydrogen) atoms. The molecule has 0 saturated carbocycles. The molecule has 3 rings (SSSR count). The van der Waals surface area contributed by atoms with Crippen LogP contribution >= 0.6 is 0 Å². The van der Waals surface area contributed by atoms with E-state index in [1.54, 1.807) is 36.7 Å². The predicted molar refractivity (Wildman–Crippen MR) is 94.3 cm³/mol. The summed E-state index contributed by atoms with van der Waals surface area (Å²) in [5.41, 5.74) is 1.66. The Labute approximate surface area is 147 Å². The van der Waals surface area contributed by atoms with Crippen LogP contribution in [-0.2, 0) is 11.3 Å². The van der Waals surface area contributed by atoms with E-state index in [2.05, 4.69) is 15.2 Å². The van der Waals surface area contributed by atoms with Crippen LogP contribution < -0.4 is 5.32 Å². The summed E-state index contributed by atoms with van der Waals surface area (Å²) in [6.07, 6.45) is 4.07. The summed E-state index contributed by atoms with van der Waals surface area (Å²) in [6.45, 7) is 3.72. The number of ether oxygens (including phenoxy) is 1. The Morgan fingerprint density at radius 1 is 1.36 bits per heavy atom. The fraction of sp³-hybridized carbons (Fsp3) is 0.368. The number of pyridine rings is 1. The monoisotopic (exact) mass is 341 g/mol. The molecular weight excluding hydrogens is 318 g/mol. The molecule has 0 bridgehead atoms. The molecule has 2 aromatic rings. The maximum absolute atomic E-state index is 12.0. The zero-order valence-corrected chi connectivity index (χ0v) is 14.1. The number of rotatable bonds is 6. The Morgan fingerprint density at radius 2 is 2.28 bits per heavy atom. The average Bonchev–Trinajstić information content (AvgIpc) is 2.63. The van der Waals surface area contributed by atoms with E-state index in [9.17, 15) is 9.90 Å². The van der Waals surface area contributed by atoms with Crippen LogP contribution in [0.3, 0.4) is 0 Å². The molecule has 1 aliphatic rings. The van der Waals surface area contributed by atoms with Crippen LogP contribution in [0.25, 0.3) is 0 Å². The number of nitrogens with one attached hydrogen (secondary N) is 1. The van der Waals surface area contributed by atoms with E-state index in [4.69, 9.17) is 4.74 Å². The van der Waals surface area contributed by atoms with Crippen molar-refractivity contribution in [1.29, 1.82) is 0 Å². The van der Waals surface area contributed by atoms with Gasteiger partial charge in [-0.05, 0) is 36.2 Å². The van der Waals surface area contributed by atoms with Crippen molar-refractivity contribution < 1.29 is 14.6 Å². The van der Waals surface area contributed by atoms with E-state index in [0.717, 1.165) is 31.6 Å². The number of hydrogen-bond acceptors (Lipinski definition) is 5. The maximum Gasteiger partial charge on any atom is 0.252 e. The molecule has 1 aromatic carbocycles. The second kappa shape index (κ2) is 8.60. The lowest BCUT2D eigenvalue weighted by molar-refractivity contribution is -0.0342. The topological polar surface area (TPSA) is 74.7 Å². The number of hydrogen-bond donors (Lipinski definition) is 2. The van der Waals surface area contributed by atoms with Crippen LogP contribution in [-0.4, -0.2) is 53.2 Å². The molecule has 1 aromatic heterocycles. The van der Waals surface area contributed by atoms with Crippen molar-refractivity contribution in [3.05, 3.63) is 59.9 Å². The second-order valence-electron chi connectivity index (χ2n) is 6.18. The number of amides is 1. The van der Waals surface area contributed by atoms with E-state index in [0.29, 0.717) is 24.5 Å². The normalized spacial score (nSPS) is 18.0. The molecule has 6 nitrogen and oxygen atoms in total. The molecule has 1 atom stereocenters. The zero-order chi connectivity index (χ0) is 17.5. The van der Waals surface area contributed by atoms with Gasteiger partial charge in [0.15, 0.2) is 0 Å². The number of nitrogens with zero attached hydrogens (tertiary/aromatic N) is 2. The Morgan fingerprint density at radius 3 is 3.08 bits per heavy atom. The lowest BCUT2D eigenvalue weighted by Gasteiger charge is -2.33. The minimum Gasteiger partial charge on any atom is -0.508 e. The molecule has 2 N–H and O–H groups in total. The zero-order valence-electron chi connectivity index (χ0n) is 14.1. The van der Waals surface area contributed by atoms with E-state index in [-0.39, 0.29) is 12.0 Å². The molecular formula is C19H23N3O3. The molecule has 1 amide bonds. The lowest BCUT2D eigenvalue weighted by atomic mass is 10.1. The molecule has 1 fully saturated rings. The number of carbonyl (C=O) groups excluding carboxylic acids is 1. The summed E-state index contributed by atoms with van der Waals surface area (Å²) in [5, 5.41) is 12.5. The number of carbonyl (C=O) groups is 1. The number of phenols is 1. The van der Waals surface area contributed by atoms with Crippen molar-refractivity contribution in [2.24, 2.45) is 0 Å². The van der Waals surface area contributed by atoms with Gasteiger partial charge >= 0.3 is 0 Å². The van der Waals surface area contributed by atoms with Crippen LogP contribution in [0.5, 0.6) is 5.75 Å². The van der Waals surface area contributed by atoms with Gasteiger partial charge in [0, 0.05) is 38.6 Å². The first-order chi connectivity index (χ1) is 12.2. The Balaban J connectivity index is 1.43. The average molecular weight is 341 g/mol. The van der Waals surface area contributed by atoms with Gasteiger partial charge in [-0.25, -0.2) is 0 Å². The van der Waals surface area contributed by atoms with Crippen LogP contribution in [0, 0.1) is 0 Å². The standard InChI is InChI=1S/C19H23N3O3/c23-17-5-1-3-15(11-17)13-22-9-10-25-18(14-22)6-8-21-19(24)16-4-2-7-20-12-16/h1-5,7,11-12,18,23H,6,8-10,13-14H2,(H,21,24)/t18-/m0/s1. The van der Waals surface area contributed by atoms with Gasteiger partial charge in [0.05, 0.1) is 18.3 Å². The van der Waals surface area contributed by atoms with Crippen molar-refractivity contribution >= 4 is 5.91 Å². The molecule has 2 heterocycles. The highest BCUT2D eigenvalue weighted by molar-refractivity contribution is 5.93. The van der Waals surface area contributed by atoms with E-state index < -0.39 is 0 Å².